The lowest BCUT2D eigenvalue weighted by atomic mass is 10.1. The third-order valence-corrected chi connectivity index (χ3v) is 4.67. The molecule has 0 saturated heterocycles. The van der Waals surface area contributed by atoms with Crippen LogP contribution in [0.4, 0.5) is 4.39 Å². The molecule has 0 fully saturated rings. The van der Waals surface area contributed by atoms with Gasteiger partial charge >= 0.3 is 0 Å². The maximum Gasteiger partial charge on any atom is 0.161 e. The second-order valence-electron chi connectivity index (χ2n) is 6.43. The molecule has 1 unspecified atom stereocenters. The number of hydrogen-bond acceptors (Lipinski definition) is 4. The lowest BCUT2D eigenvalue weighted by Crippen LogP contribution is -2.40. The van der Waals surface area contributed by atoms with Crippen molar-refractivity contribution in [3.8, 4) is 11.5 Å². The van der Waals surface area contributed by atoms with Crippen LogP contribution in [-0.2, 0) is 6.54 Å². The molecular weight excluding hydrogens is 331 g/mol. The minimum absolute atomic E-state index is 0.0375. The van der Waals surface area contributed by atoms with E-state index in [2.05, 4.69) is 16.8 Å². The average Bonchev–Trinajstić information content (AvgIpc) is 2.69. The molecule has 4 nitrogen and oxygen atoms in total. The maximum atomic E-state index is 14.0. The summed E-state index contributed by atoms with van der Waals surface area (Å²) in [5.74, 6) is 1.34. The highest BCUT2D eigenvalue weighted by Crippen LogP contribution is 2.31. The van der Waals surface area contributed by atoms with Crippen molar-refractivity contribution >= 4 is 10.9 Å². The number of halogens is 1. The second-order valence-corrected chi connectivity index (χ2v) is 6.43. The Morgan fingerprint density at radius 3 is 2.81 bits per heavy atom. The lowest BCUT2D eigenvalue weighted by molar-refractivity contribution is 0.0581. The van der Waals surface area contributed by atoms with E-state index >= 15 is 0 Å². The summed E-state index contributed by atoms with van der Waals surface area (Å²) in [5, 5.41) is 0.562. The van der Waals surface area contributed by atoms with Crippen molar-refractivity contribution in [2.24, 2.45) is 0 Å². The van der Waals surface area contributed by atoms with Gasteiger partial charge in [0.2, 0.25) is 0 Å². The number of ether oxygens (including phenoxy) is 2. The summed E-state index contributed by atoms with van der Waals surface area (Å²) in [5.41, 5.74) is 1.73. The Labute approximate surface area is 152 Å². The first-order chi connectivity index (χ1) is 12.7. The zero-order valence-electron chi connectivity index (χ0n) is 14.7. The van der Waals surface area contributed by atoms with Gasteiger partial charge in [0.15, 0.2) is 11.5 Å². The van der Waals surface area contributed by atoms with Gasteiger partial charge in [-0.05, 0) is 42.4 Å². The molecule has 4 rings (SSSR count). The van der Waals surface area contributed by atoms with E-state index in [1.54, 1.807) is 18.3 Å². The van der Waals surface area contributed by atoms with E-state index in [0.29, 0.717) is 18.5 Å². The molecule has 0 bridgehead atoms. The Morgan fingerprint density at radius 2 is 1.96 bits per heavy atom. The Hall–Kier alpha value is -2.66. The molecule has 0 spiro atoms. The van der Waals surface area contributed by atoms with Crippen LogP contribution in [-0.4, -0.2) is 35.7 Å². The summed E-state index contributed by atoms with van der Waals surface area (Å²) in [4.78, 5) is 6.65. The molecule has 0 aliphatic carbocycles. The monoisotopic (exact) mass is 352 g/mol. The third-order valence-electron chi connectivity index (χ3n) is 4.67. The maximum absolute atomic E-state index is 14.0. The molecule has 0 N–H and O–H groups in total. The highest BCUT2D eigenvalue weighted by atomic mass is 19.1. The van der Waals surface area contributed by atoms with Gasteiger partial charge in [-0.2, -0.15) is 0 Å². The fourth-order valence-electron chi connectivity index (χ4n) is 3.31. The molecule has 0 saturated carbocycles. The largest absolute Gasteiger partial charge is 0.486 e. The molecule has 5 heteroatoms. The van der Waals surface area contributed by atoms with Crippen LogP contribution in [0.3, 0.4) is 0 Å². The fraction of sp³-hybridized carbons (Fsp3) is 0.286. The third kappa shape index (κ3) is 3.35. The Morgan fingerprint density at radius 1 is 1.12 bits per heavy atom. The van der Waals surface area contributed by atoms with E-state index < -0.39 is 0 Å². The summed E-state index contributed by atoms with van der Waals surface area (Å²) in [7, 11) is 0. The molecular formula is C21H21FN2O2. The number of aromatic nitrogens is 1. The predicted molar refractivity (Wildman–Crippen MR) is 99.0 cm³/mol. The molecule has 26 heavy (non-hydrogen) atoms. The summed E-state index contributed by atoms with van der Waals surface area (Å²) in [6, 6.07) is 14.6. The number of rotatable bonds is 5. The molecule has 1 aliphatic heterocycles. The van der Waals surface area contributed by atoms with Crippen molar-refractivity contribution in [3.63, 3.8) is 0 Å². The number of pyridine rings is 1. The lowest BCUT2D eigenvalue weighted by Gasteiger charge is -2.31. The minimum Gasteiger partial charge on any atom is -0.486 e. The van der Waals surface area contributed by atoms with Gasteiger partial charge in [0.1, 0.15) is 18.5 Å². The van der Waals surface area contributed by atoms with Crippen LogP contribution in [0.2, 0.25) is 0 Å². The summed E-state index contributed by atoms with van der Waals surface area (Å²) in [6.45, 7) is 4.91. The highest BCUT2D eigenvalue weighted by Gasteiger charge is 2.23. The molecule has 1 aromatic heterocycles. The topological polar surface area (TPSA) is 34.6 Å². The van der Waals surface area contributed by atoms with Crippen LogP contribution in [0.5, 0.6) is 11.5 Å². The quantitative estimate of drug-likeness (QED) is 0.694. The molecule has 3 aromatic rings. The Kier molecular flexibility index (Phi) is 4.71. The van der Waals surface area contributed by atoms with E-state index in [0.717, 1.165) is 35.7 Å². The first-order valence-electron chi connectivity index (χ1n) is 8.87. The van der Waals surface area contributed by atoms with Gasteiger partial charge in [-0.1, -0.05) is 25.1 Å². The Bertz CT molecular complexity index is 915. The van der Waals surface area contributed by atoms with Crippen LogP contribution >= 0.6 is 0 Å². The predicted octanol–water partition coefficient (Wildman–Crippen LogP) is 4.04. The first-order valence-corrected chi connectivity index (χ1v) is 8.87. The van der Waals surface area contributed by atoms with Crippen molar-refractivity contribution < 1.29 is 13.9 Å². The highest BCUT2D eigenvalue weighted by molar-refractivity contribution is 5.82. The fourth-order valence-corrected chi connectivity index (χ4v) is 3.31. The summed E-state index contributed by atoms with van der Waals surface area (Å²) < 4.78 is 25.9. The van der Waals surface area contributed by atoms with Crippen molar-refractivity contribution in [1.29, 1.82) is 0 Å². The van der Waals surface area contributed by atoms with E-state index in [1.807, 2.05) is 30.3 Å². The van der Waals surface area contributed by atoms with Crippen molar-refractivity contribution in [3.05, 3.63) is 66.1 Å². The van der Waals surface area contributed by atoms with Crippen molar-refractivity contribution in [2.75, 3.05) is 19.7 Å². The molecule has 134 valence electrons. The minimum atomic E-state index is -0.236. The Balaban J connectivity index is 1.50. The first kappa shape index (κ1) is 16.8. The van der Waals surface area contributed by atoms with Crippen LogP contribution in [0.1, 0.15) is 12.5 Å². The van der Waals surface area contributed by atoms with Gasteiger partial charge in [-0.25, -0.2) is 4.39 Å². The van der Waals surface area contributed by atoms with Gasteiger partial charge in [-0.3, -0.25) is 9.88 Å². The normalized spacial score (nSPS) is 16.2. The number of fused-ring (bicyclic) bond motifs is 2. The van der Waals surface area contributed by atoms with Gasteiger partial charge in [-0.15, -0.1) is 0 Å². The van der Waals surface area contributed by atoms with Crippen molar-refractivity contribution in [2.45, 2.75) is 19.6 Å². The smallest absolute Gasteiger partial charge is 0.161 e. The molecule has 1 atom stereocenters. The SMILES string of the molecule is CCN(Cc1ccc(F)c2cccnc12)CC1COc2ccccc2O1. The van der Waals surface area contributed by atoms with Gasteiger partial charge < -0.3 is 9.47 Å². The molecule has 0 amide bonds. The summed E-state index contributed by atoms with van der Waals surface area (Å²) in [6.07, 6.45) is 1.67. The number of para-hydroxylation sites is 2. The number of hydrogen-bond donors (Lipinski definition) is 0. The van der Waals surface area contributed by atoms with E-state index in [-0.39, 0.29) is 11.9 Å². The molecule has 2 aromatic carbocycles. The second kappa shape index (κ2) is 7.30. The zero-order chi connectivity index (χ0) is 17.9. The average molecular weight is 352 g/mol. The standard InChI is InChI=1S/C21H21FN2O2/c1-2-24(13-16-14-25-19-7-3-4-8-20(19)26-16)12-15-9-10-18(22)17-6-5-11-23-21(15)17/h3-11,16H,2,12-14H2,1H3. The van der Waals surface area contributed by atoms with Crippen LogP contribution in [0.15, 0.2) is 54.7 Å². The van der Waals surface area contributed by atoms with Crippen LogP contribution in [0.25, 0.3) is 10.9 Å². The number of nitrogens with zero attached hydrogens (tertiary/aromatic N) is 2. The molecule has 1 aliphatic rings. The number of likely N-dealkylation sites (N-methyl/N-ethyl adjacent to an activating group) is 1. The van der Waals surface area contributed by atoms with Crippen molar-refractivity contribution in [1.82, 2.24) is 9.88 Å². The number of benzene rings is 2. The van der Waals surface area contributed by atoms with Gasteiger partial charge in [0.25, 0.3) is 0 Å². The van der Waals surface area contributed by atoms with Crippen LogP contribution < -0.4 is 9.47 Å². The van der Waals surface area contributed by atoms with E-state index in [1.165, 1.54) is 6.07 Å². The van der Waals surface area contributed by atoms with E-state index in [4.69, 9.17) is 9.47 Å². The zero-order valence-corrected chi connectivity index (χ0v) is 14.7. The van der Waals surface area contributed by atoms with E-state index in [9.17, 15) is 4.39 Å². The van der Waals surface area contributed by atoms with Gasteiger partial charge in [0.05, 0.1) is 5.52 Å². The molecule has 0 radical (unpaired) electrons. The molecule has 2 heterocycles. The summed E-state index contributed by atoms with van der Waals surface area (Å²) >= 11 is 0. The van der Waals surface area contributed by atoms with Gasteiger partial charge in [0, 0.05) is 24.7 Å². The van der Waals surface area contributed by atoms with Crippen LogP contribution in [0, 0.1) is 5.82 Å².